The molecule has 1 amide bonds. The number of hydrogen-bond donors (Lipinski definition) is 2. The van der Waals surface area contributed by atoms with Crippen LogP contribution in [-0.4, -0.2) is 11.9 Å². The third kappa shape index (κ3) is 5.25. The predicted octanol–water partition coefficient (Wildman–Crippen LogP) is 3.07. The minimum atomic E-state index is -0.429. The molecule has 0 spiro atoms. The Balaban J connectivity index is 0.00000289. The molecule has 2 atom stereocenters. The monoisotopic (exact) mass is 290 g/mol. The van der Waals surface area contributed by atoms with E-state index >= 15 is 0 Å². The van der Waals surface area contributed by atoms with Crippen molar-refractivity contribution in [3.63, 3.8) is 0 Å². The van der Waals surface area contributed by atoms with Gasteiger partial charge in [0.1, 0.15) is 0 Å². The van der Waals surface area contributed by atoms with E-state index in [9.17, 15) is 4.79 Å². The lowest BCUT2D eigenvalue weighted by molar-refractivity contribution is -0.123. The first-order valence-corrected chi connectivity index (χ1v) is 6.23. The van der Waals surface area contributed by atoms with Gasteiger partial charge in [0.2, 0.25) is 5.91 Å². The molecular formula is C13H20Cl2N2O. The van der Waals surface area contributed by atoms with Crippen molar-refractivity contribution in [2.24, 2.45) is 5.73 Å². The van der Waals surface area contributed by atoms with Gasteiger partial charge >= 0.3 is 0 Å². The highest BCUT2D eigenvalue weighted by Gasteiger charge is 2.15. The highest BCUT2D eigenvalue weighted by Crippen LogP contribution is 2.17. The van der Waals surface area contributed by atoms with E-state index in [4.69, 9.17) is 17.3 Å². The summed E-state index contributed by atoms with van der Waals surface area (Å²) in [6, 6.07) is 6.94. The van der Waals surface area contributed by atoms with Crippen molar-refractivity contribution in [3.05, 3.63) is 34.9 Å². The fraction of sp³-hybridized carbons (Fsp3) is 0.462. The average Bonchev–Trinajstić information content (AvgIpc) is 2.29. The molecule has 0 saturated carbocycles. The molecule has 0 saturated heterocycles. The first-order valence-electron chi connectivity index (χ1n) is 5.86. The number of benzene rings is 1. The number of hydrogen-bond acceptors (Lipinski definition) is 2. The molecule has 0 aliphatic heterocycles. The zero-order valence-electron chi connectivity index (χ0n) is 10.7. The summed E-state index contributed by atoms with van der Waals surface area (Å²) < 4.78 is 0. The van der Waals surface area contributed by atoms with Crippen molar-refractivity contribution in [2.45, 2.75) is 38.8 Å². The van der Waals surface area contributed by atoms with E-state index < -0.39 is 6.04 Å². The van der Waals surface area contributed by atoms with Gasteiger partial charge in [0.05, 0.1) is 12.1 Å². The van der Waals surface area contributed by atoms with Crippen LogP contribution in [0.25, 0.3) is 0 Å². The second-order valence-corrected chi connectivity index (χ2v) is 4.62. The number of carbonyl (C=O) groups excluding carboxylic acids is 1. The molecule has 0 fully saturated rings. The van der Waals surface area contributed by atoms with Crippen LogP contribution >= 0.6 is 24.0 Å². The summed E-state index contributed by atoms with van der Waals surface area (Å²) >= 11 is 5.90. The fourth-order valence-electron chi connectivity index (χ4n) is 1.62. The van der Waals surface area contributed by atoms with Gasteiger partial charge in [0, 0.05) is 5.02 Å². The van der Waals surface area contributed by atoms with Crippen molar-refractivity contribution in [3.8, 4) is 0 Å². The fourth-order valence-corrected chi connectivity index (χ4v) is 1.82. The number of carbonyl (C=O) groups is 1. The standard InChI is InChI=1S/C13H19ClN2O.ClH/c1-3-5-12(15)13(17)16-9(2)10-6-4-7-11(14)8-10;/h4,6-9,12H,3,5,15H2,1-2H3,(H,16,17);1H. The summed E-state index contributed by atoms with van der Waals surface area (Å²) in [5, 5.41) is 3.55. The zero-order valence-corrected chi connectivity index (χ0v) is 12.2. The lowest BCUT2D eigenvalue weighted by Gasteiger charge is -2.17. The summed E-state index contributed by atoms with van der Waals surface area (Å²) in [6.45, 7) is 3.93. The van der Waals surface area contributed by atoms with Crippen molar-refractivity contribution in [1.82, 2.24) is 5.32 Å². The summed E-state index contributed by atoms with van der Waals surface area (Å²) in [5.41, 5.74) is 6.73. The van der Waals surface area contributed by atoms with E-state index in [1.54, 1.807) is 0 Å². The third-order valence-corrected chi connectivity index (χ3v) is 2.88. The Bertz CT molecular complexity index is 385. The van der Waals surface area contributed by atoms with Crippen LogP contribution in [0.5, 0.6) is 0 Å². The maximum absolute atomic E-state index is 11.7. The minimum Gasteiger partial charge on any atom is -0.348 e. The van der Waals surface area contributed by atoms with Crippen molar-refractivity contribution >= 4 is 29.9 Å². The second-order valence-electron chi connectivity index (χ2n) is 4.18. The molecule has 0 radical (unpaired) electrons. The zero-order chi connectivity index (χ0) is 12.8. The maximum atomic E-state index is 11.7. The number of nitrogens with two attached hydrogens (primary N) is 1. The van der Waals surface area contributed by atoms with Gasteiger partial charge in [-0.1, -0.05) is 37.1 Å². The SMILES string of the molecule is CCCC(N)C(=O)NC(C)c1cccc(Cl)c1.Cl. The predicted molar refractivity (Wildman–Crippen MR) is 78.1 cm³/mol. The summed E-state index contributed by atoms with van der Waals surface area (Å²) in [5.74, 6) is -0.112. The largest absolute Gasteiger partial charge is 0.348 e. The van der Waals surface area contributed by atoms with Crippen LogP contribution in [0.4, 0.5) is 0 Å². The Morgan fingerprint density at radius 1 is 1.50 bits per heavy atom. The first kappa shape index (κ1) is 17.2. The number of halogens is 2. The summed E-state index contributed by atoms with van der Waals surface area (Å²) in [6.07, 6.45) is 1.61. The number of rotatable bonds is 5. The van der Waals surface area contributed by atoms with Gasteiger partial charge < -0.3 is 11.1 Å². The van der Waals surface area contributed by atoms with E-state index in [0.29, 0.717) is 11.4 Å². The molecule has 1 rings (SSSR count). The maximum Gasteiger partial charge on any atom is 0.237 e. The van der Waals surface area contributed by atoms with Crippen LogP contribution in [0.15, 0.2) is 24.3 Å². The van der Waals surface area contributed by atoms with Crippen LogP contribution < -0.4 is 11.1 Å². The van der Waals surface area contributed by atoms with Crippen molar-refractivity contribution < 1.29 is 4.79 Å². The molecule has 0 aliphatic rings. The second kappa shape index (κ2) is 8.35. The van der Waals surface area contributed by atoms with Crippen LogP contribution in [0.3, 0.4) is 0 Å². The van der Waals surface area contributed by atoms with Gasteiger partial charge in [0.15, 0.2) is 0 Å². The Labute approximate surface area is 119 Å². The minimum absolute atomic E-state index is 0. The van der Waals surface area contributed by atoms with Crippen molar-refractivity contribution in [2.75, 3.05) is 0 Å². The Morgan fingerprint density at radius 3 is 2.72 bits per heavy atom. The molecule has 1 aromatic rings. The van der Waals surface area contributed by atoms with E-state index in [-0.39, 0.29) is 24.4 Å². The Morgan fingerprint density at radius 2 is 2.17 bits per heavy atom. The van der Waals surface area contributed by atoms with Gasteiger partial charge in [-0.05, 0) is 31.0 Å². The third-order valence-electron chi connectivity index (χ3n) is 2.64. The van der Waals surface area contributed by atoms with Gasteiger partial charge in [-0.15, -0.1) is 12.4 Å². The molecule has 3 N–H and O–H groups in total. The van der Waals surface area contributed by atoms with Gasteiger partial charge in [0.25, 0.3) is 0 Å². The Hall–Kier alpha value is -0.770. The van der Waals surface area contributed by atoms with E-state index in [0.717, 1.165) is 12.0 Å². The quantitative estimate of drug-likeness (QED) is 0.876. The van der Waals surface area contributed by atoms with E-state index in [2.05, 4.69) is 5.32 Å². The van der Waals surface area contributed by atoms with Crippen LogP contribution in [0.2, 0.25) is 5.02 Å². The highest BCUT2D eigenvalue weighted by molar-refractivity contribution is 6.30. The Kier molecular flexibility index (Phi) is 8.00. The first-order chi connectivity index (χ1) is 8.04. The van der Waals surface area contributed by atoms with Crippen LogP contribution in [-0.2, 0) is 4.79 Å². The summed E-state index contributed by atoms with van der Waals surface area (Å²) in [7, 11) is 0. The lowest BCUT2D eigenvalue weighted by Crippen LogP contribution is -2.41. The van der Waals surface area contributed by atoms with Gasteiger partial charge in [-0.2, -0.15) is 0 Å². The molecule has 0 heterocycles. The molecular weight excluding hydrogens is 271 g/mol. The van der Waals surface area contributed by atoms with Crippen LogP contribution in [0.1, 0.15) is 38.3 Å². The van der Waals surface area contributed by atoms with Crippen molar-refractivity contribution in [1.29, 1.82) is 0 Å². The van der Waals surface area contributed by atoms with Gasteiger partial charge in [-0.25, -0.2) is 0 Å². The molecule has 0 aliphatic carbocycles. The normalized spacial score (nSPS) is 13.3. The molecule has 1 aromatic carbocycles. The highest BCUT2D eigenvalue weighted by atomic mass is 35.5. The smallest absolute Gasteiger partial charge is 0.237 e. The van der Waals surface area contributed by atoms with Gasteiger partial charge in [-0.3, -0.25) is 4.79 Å². The molecule has 5 heteroatoms. The lowest BCUT2D eigenvalue weighted by atomic mass is 10.1. The number of nitrogens with one attached hydrogen (secondary N) is 1. The van der Waals surface area contributed by atoms with Crippen LogP contribution in [0, 0.1) is 0 Å². The number of amides is 1. The van der Waals surface area contributed by atoms with E-state index in [1.807, 2.05) is 38.1 Å². The molecule has 0 aromatic heterocycles. The molecule has 18 heavy (non-hydrogen) atoms. The molecule has 2 unspecified atom stereocenters. The average molecular weight is 291 g/mol. The molecule has 0 bridgehead atoms. The topological polar surface area (TPSA) is 55.1 Å². The molecule has 102 valence electrons. The molecule has 3 nitrogen and oxygen atoms in total. The summed E-state index contributed by atoms with van der Waals surface area (Å²) in [4.78, 5) is 11.7. The van der Waals surface area contributed by atoms with E-state index in [1.165, 1.54) is 0 Å².